The van der Waals surface area contributed by atoms with E-state index in [2.05, 4.69) is 9.88 Å². The predicted molar refractivity (Wildman–Crippen MR) is 118 cm³/mol. The van der Waals surface area contributed by atoms with Crippen LogP contribution in [0.4, 0.5) is 14.5 Å². The maximum Gasteiger partial charge on any atom is 0.167 e. The molecule has 1 saturated heterocycles. The maximum atomic E-state index is 14.4. The molecule has 0 radical (unpaired) electrons. The number of nitrogens with two attached hydrogens (primary N) is 1. The number of halogens is 2. The van der Waals surface area contributed by atoms with Gasteiger partial charge in [0.2, 0.25) is 0 Å². The third-order valence-electron chi connectivity index (χ3n) is 5.76. The fraction of sp³-hybridized carbons (Fsp3) is 0.208. The first-order valence-electron chi connectivity index (χ1n) is 10.4. The number of aromatic nitrogens is 3. The Morgan fingerprint density at radius 3 is 2.62 bits per heavy atom. The number of nitrogens with zero attached hydrogens (tertiary/aromatic N) is 5. The minimum atomic E-state index is -0.627. The highest BCUT2D eigenvalue weighted by Gasteiger charge is 2.24. The number of nitriles is 1. The molecule has 1 aliphatic heterocycles. The summed E-state index contributed by atoms with van der Waals surface area (Å²) >= 11 is 0. The van der Waals surface area contributed by atoms with Crippen molar-refractivity contribution < 1.29 is 8.78 Å². The highest BCUT2D eigenvalue weighted by atomic mass is 19.1. The van der Waals surface area contributed by atoms with E-state index in [1.165, 1.54) is 24.3 Å². The van der Waals surface area contributed by atoms with Crippen molar-refractivity contribution in [3.8, 4) is 23.1 Å². The summed E-state index contributed by atoms with van der Waals surface area (Å²) in [5.74, 6) is -0.533. The summed E-state index contributed by atoms with van der Waals surface area (Å²) < 4.78 is 29.8. The lowest BCUT2D eigenvalue weighted by Gasteiger charge is -2.32. The van der Waals surface area contributed by atoms with Crippen LogP contribution in [0.2, 0.25) is 0 Å². The van der Waals surface area contributed by atoms with Gasteiger partial charge in [-0.3, -0.25) is 4.57 Å². The normalized spacial score (nSPS) is 16.3. The Morgan fingerprint density at radius 1 is 1.09 bits per heavy atom. The second-order valence-corrected chi connectivity index (χ2v) is 7.90. The Hall–Kier alpha value is -3.83. The first-order valence-corrected chi connectivity index (χ1v) is 10.4. The van der Waals surface area contributed by atoms with Gasteiger partial charge < -0.3 is 10.6 Å². The monoisotopic (exact) mass is 430 g/mol. The van der Waals surface area contributed by atoms with Crippen molar-refractivity contribution in [2.24, 2.45) is 5.73 Å². The Bertz CT molecular complexity index is 1340. The number of hydrogen-bond donors (Lipinski definition) is 1. The number of hydrogen-bond acceptors (Lipinski definition) is 5. The topological polar surface area (TPSA) is 83.8 Å². The number of benzene rings is 2. The van der Waals surface area contributed by atoms with E-state index in [4.69, 9.17) is 16.0 Å². The third kappa shape index (κ3) is 3.47. The third-order valence-corrected chi connectivity index (χ3v) is 5.76. The van der Waals surface area contributed by atoms with Gasteiger partial charge in [-0.05, 0) is 61.4 Å². The van der Waals surface area contributed by atoms with Crippen LogP contribution in [0.5, 0.6) is 0 Å². The molecule has 0 unspecified atom stereocenters. The number of fused-ring (bicyclic) bond motifs is 1. The summed E-state index contributed by atoms with van der Waals surface area (Å²) in [6, 6.07) is 14.2. The van der Waals surface area contributed by atoms with Gasteiger partial charge in [-0.15, -0.1) is 0 Å². The summed E-state index contributed by atoms with van der Waals surface area (Å²) in [5.41, 5.74) is 9.43. The number of pyridine rings is 1. The Kier molecular flexibility index (Phi) is 5.04. The molecule has 160 valence electrons. The molecule has 3 heterocycles. The van der Waals surface area contributed by atoms with Crippen LogP contribution in [0.1, 0.15) is 18.4 Å². The van der Waals surface area contributed by atoms with Gasteiger partial charge in [0.25, 0.3) is 0 Å². The summed E-state index contributed by atoms with van der Waals surface area (Å²) in [5, 5.41) is 9.08. The van der Waals surface area contributed by atoms with E-state index in [1.54, 1.807) is 29.0 Å². The molecule has 0 bridgehead atoms. The Morgan fingerprint density at radius 2 is 1.91 bits per heavy atom. The zero-order chi connectivity index (χ0) is 22.2. The Balaban J connectivity index is 1.75. The first-order chi connectivity index (χ1) is 15.5. The largest absolute Gasteiger partial charge is 0.368 e. The molecule has 6 nitrogen and oxygen atoms in total. The average Bonchev–Trinajstić information content (AvgIpc) is 3.19. The molecule has 0 aliphatic carbocycles. The predicted octanol–water partition coefficient (Wildman–Crippen LogP) is 4.16. The van der Waals surface area contributed by atoms with Gasteiger partial charge in [0.1, 0.15) is 29.0 Å². The van der Waals surface area contributed by atoms with Crippen LogP contribution in [0.25, 0.3) is 28.2 Å². The number of rotatable bonds is 3. The van der Waals surface area contributed by atoms with Crippen molar-refractivity contribution in [3.63, 3.8) is 0 Å². The van der Waals surface area contributed by atoms with E-state index < -0.39 is 5.82 Å². The second kappa shape index (κ2) is 8.02. The lowest BCUT2D eigenvalue weighted by molar-refractivity contribution is 0.507. The average molecular weight is 430 g/mol. The van der Waals surface area contributed by atoms with Gasteiger partial charge in [-0.25, -0.2) is 18.7 Å². The molecule has 1 atom stereocenters. The van der Waals surface area contributed by atoms with Crippen LogP contribution in [0.3, 0.4) is 0 Å². The molecule has 2 aromatic carbocycles. The van der Waals surface area contributed by atoms with Crippen LogP contribution < -0.4 is 10.6 Å². The molecule has 0 amide bonds. The van der Waals surface area contributed by atoms with Crippen molar-refractivity contribution in [3.05, 3.63) is 71.9 Å². The van der Waals surface area contributed by atoms with Crippen LogP contribution >= 0.6 is 0 Å². The van der Waals surface area contributed by atoms with E-state index in [0.29, 0.717) is 34.8 Å². The number of piperidine rings is 1. The standard InChI is InChI=1S/C24H20F2N6/c25-17-5-7-19(8-6-17)32-23(15-3-4-16(13-27)20(26)12-15)30-22-21(9-10-29-24(22)32)31-11-1-2-18(28)14-31/h3-10,12,18H,1-2,11,14,28H2/t18-/m1/s1. The molecular formula is C24H20F2N6. The molecular weight excluding hydrogens is 410 g/mol. The molecule has 8 heteroatoms. The van der Waals surface area contributed by atoms with Crippen molar-refractivity contribution in [2.75, 3.05) is 18.0 Å². The lowest BCUT2D eigenvalue weighted by Crippen LogP contribution is -2.42. The minimum absolute atomic E-state index is 0.0423. The smallest absolute Gasteiger partial charge is 0.167 e. The zero-order valence-corrected chi connectivity index (χ0v) is 17.2. The fourth-order valence-corrected chi connectivity index (χ4v) is 4.22. The zero-order valence-electron chi connectivity index (χ0n) is 17.2. The van der Waals surface area contributed by atoms with Crippen molar-refractivity contribution in [2.45, 2.75) is 18.9 Å². The maximum absolute atomic E-state index is 14.4. The van der Waals surface area contributed by atoms with E-state index >= 15 is 0 Å². The molecule has 4 aromatic rings. The minimum Gasteiger partial charge on any atom is -0.368 e. The summed E-state index contributed by atoms with van der Waals surface area (Å²) in [4.78, 5) is 11.6. The van der Waals surface area contributed by atoms with Crippen LogP contribution in [0, 0.1) is 23.0 Å². The lowest BCUT2D eigenvalue weighted by atomic mass is 10.1. The van der Waals surface area contributed by atoms with Crippen LogP contribution in [-0.4, -0.2) is 33.7 Å². The second-order valence-electron chi connectivity index (χ2n) is 7.90. The van der Waals surface area contributed by atoms with Gasteiger partial charge in [-0.2, -0.15) is 5.26 Å². The first kappa shape index (κ1) is 20.1. The van der Waals surface area contributed by atoms with E-state index in [0.717, 1.165) is 25.1 Å². The van der Waals surface area contributed by atoms with Gasteiger partial charge in [0, 0.05) is 36.6 Å². The summed E-state index contributed by atoms with van der Waals surface area (Å²) in [6.45, 7) is 1.57. The highest BCUT2D eigenvalue weighted by Crippen LogP contribution is 2.34. The van der Waals surface area contributed by atoms with Gasteiger partial charge >= 0.3 is 0 Å². The quantitative estimate of drug-likeness (QED) is 0.528. The van der Waals surface area contributed by atoms with Gasteiger partial charge in [-0.1, -0.05) is 0 Å². The molecule has 1 aliphatic rings. The van der Waals surface area contributed by atoms with E-state index in [-0.39, 0.29) is 17.4 Å². The molecule has 2 N–H and O–H groups in total. The fourth-order valence-electron chi connectivity index (χ4n) is 4.22. The highest BCUT2D eigenvalue weighted by molar-refractivity contribution is 5.90. The van der Waals surface area contributed by atoms with Crippen LogP contribution in [-0.2, 0) is 0 Å². The molecule has 2 aromatic heterocycles. The van der Waals surface area contributed by atoms with Crippen molar-refractivity contribution in [1.29, 1.82) is 5.26 Å². The van der Waals surface area contributed by atoms with Gasteiger partial charge in [0.15, 0.2) is 5.65 Å². The summed E-state index contributed by atoms with van der Waals surface area (Å²) in [6.07, 6.45) is 3.67. The molecule has 32 heavy (non-hydrogen) atoms. The summed E-state index contributed by atoms with van der Waals surface area (Å²) in [7, 11) is 0. The van der Waals surface area contributed by atoms with Crippen LogP contribution in [0.15, 0.2) is 54.7 Å². The SMILES string of the molecule is N#Cc1ccc(-c2nc3c(N4CCC[C@@H](N)C4)ccnc3n2-c2ccc(F)cc2)cc1F. The molecule has 1 fully saturated rings. The molecule has 5 rings (SSSR count). The van der Waals surface area contributed by atoms with Crippen molar-refractivity contribution in [1.82, 2.24) is 14.5 Å². The number of anilines is 1. The van der Waals surface area contributed by atoms with Gasteiger partial charge in [0.05, 0.1) is 11.3 Å². The van der Waals surface area contributed by atoms with E-state index in [9.17, 15) is 8.78 Å². The number of imidazole rings is 1. The Labute approximate surface area is 183 Å². The van der Waals surface area contributed by atoms with E-state index in [1.807, 2.05) is 12.1 Å². The molecule has 0 saturated carbocycles. The molecule has 0 spiro atoms. The van der Waals surface area contributed by atoms with Crippen molar-refractivity contribution >= 4 is 16.9 Å².